The van der Waals surface area contributed by atoms with E-state index in [0.29, 0.717) is 11.3 Å². The molecule has 23 heavy (non-hydrogen) atoms. The molecule has 0 bridgehead atoms. The number of anilines is 1. The molecule has 1 aromatic carbocycles. The Kier molecular flexibility index (Phi) is 7.34. The van der Waals surface area contributed by atoms with Crippen molar-refractivity contribution in [3.05, 3.63) is 29.8 Å². The van der Waals surface area contributed by atoms with Gasteiger partial charge in [0.2, 0.25) is 15.9 Å². The summed E-state index contributed by atoms with van der Waals surface area (Å²) in [5.74, 6) is -0.416. The SMILES string of the molecule is COCCN(CCC(=O)Nc1cccc(C(C)=O)c1)S(C)(=O)=O. The molecule has 0 aliphatic rings. The quantitative estimate of drug-likeness (QED) is 0.679. The van der Waals surface area contributed by atoms with Crippen LogP contribution < -0.4 is 5.32 Å². The highest BCUT2D eigenvalue weighted by Crippen LogP contribution is 2.11. The molecule has 0 aliphatic heterocycles. The van der Waals surface area contributed by atoms with E-state index in [9.17, 15) is 18.0 Å². The molecule has 0 aliphatic carbocycles. The number of amides is 1. The van der Waals surface area contributed by atoms with Crippen molar-refractivity contribution in [1.82, 2.24) is 4.31 Å². The van der Waals surface area contributed by atoms with Crippen molar-refractivity contribution in [2.45, 2.75) is 13.3 Å². The van der Waals surface area contributed by atoms with Gasteiger partial charge in [-0.2, -0.15) is 4.31 Å². The number of sulfonamides is 1. The number of methoxy groups -OCH3 is 1. The van der Waals surface area contributed by atoms with Crippen LogP contribution in [0.5, 0.6) is 0 Å². The minimum atomic E-state index is -3.39. The van der Waals surface area contributed by atoms with Crippen LogP contribution in [0, 0.1) is 0 Å². The number of carbonyl (C=O) groups is 2. The van der Waals surface area contributed by atoms with Crippen LogP contribution in [0.25, 0.3) is 0 Å². The van der Waals surface area contributed by atoms with Crippen LogP contribution in [0.2, 0.25) is 0 Å². The molecule has 0 fully saturated rings. The fraction of sp³-hybridized carbons (Fsp3) is 0.467. The topological polar surface area (TPSA) is 92.8 Å². The van der Waals surface area contributed by atoms with Gasteiger partial charge in [-0.1, -0.05) is 12.1 Å². The van der Waals surface area contributed by atoms with Crippen LogP contribution in [0.15, 0.2) is 24.3 Å². The lowest BCUT2D eigenvalue weighted by atomic mass is 10.1. The average Bonchev–Trinajstić information content (AvgIpc) is 2.46. The largest absolute Gasteiger partial charge is 0.383 e. The summed E-state index contributed by atoms with van der Waals surface area (Å²) < 4.78 is 29.3. The van der Waals surface area contributed by atoms with Crippen molar-refractivity contribution in [2.75, 3.05) is 38.4 Å². The summed E-state index contributed by atoms with van der Waals surface area (Å²) >= 11 is 0. The molecule has 1 N–H and O–H groups in total. The Morgan fingerprint density at radius 2 is 1.96 bits per heavy atom. The number of ether oxygens (including phenoxy) is 1. The van der Waals surface area contributed by atoms with Crippen LogP contribution in [0.3, 0.4) is 0 Å². The van der Waals surface area contributed by atoms with E-state index in [0.717, 1.165) is 6.26 Å². The van der Waals surface area contributed by atoms with Gasteiger partial charge in [0.1, 0.15) is 0 Å². The molecule has 0 saturated heterocycles. The van der Waals surface area contributed by atoms with Gasteiger partial charge in [0.05, 0.1) is 12.9 Å². The summed E-state index contributed by atoms with van der Waals surface area (Å²) in [6, 6.07) is 6.59. The van der Waals surface area contributed by atoms with Crippen LogP contribution in [-0.4, -0.2) is 57.5 Å². The molecule has 7 nitrogen and oxygen atoms in total. The van der Waals surface area contributed by atoms with Gasteiger partial charge in [-0.3, -0.25) is 9.59 Å². The van der Waals surface area contributed by atoms with E-state index in [1.165, 1.54) is 18.3 Å². The second kappa shape index (κ2) is 8.76. The molecule has 0 saturated carbocycles. The van der Waals surface area contributed by atoms with Crippen molar-refractivity contribution in [2.24, 2.45) is 0 Å². The summed E-state index contributed by atoms with van der Waals surface area (Å²) in [5.41, 5.74) is 1.01. The van der Waals surface area contributed by atoms with Crippen molar-refractivity contribution in [3.63, 3.8) is 0 Å². The number of hydrogen-bond donors (Lipinski definition) is 1. The fourth-order valence-electron chi connectivity index (χ4n) is 1.90. The number of Topliss-reactive ketones (excluding diaryl/α,β-unsaturated/α-hetero) is 1. The minimum absolute atomic E-state index is 0.0150. The highest BCUT2D eigenvalue weighted by molar-refractivity contribution is 7.88. The fourth-order valence-corrected chi connectivity index (χ4v) is 2.73. The number of ketones is 1. The monoisotopic (exact) mass is 342 g/mol. The maximum absolute atomic E-state index is 12.0. The van der Waals surface area contributed by atoms with Gasteiger partial charge in [-0.25, -0.2) is 8.42 Å². The van der Waals surface area contributed by atoms with Crippen LogP contribution in [-0.2, 0) is 19.6 Å². The highest BCUT2D eigenvalue weighted by Gasteiger charge is 2.17. The Morgan fingerprint density at radius 3 is 2.52 bits per heavy atom. The first-order valence-corrected chi connectivity index (χ1v) is 8.94. The average molecular weight is 342 g/mol. The summed E-state index contributed by atoms with van der Waals surface area (Å²) in [6.45, 7) is 1.97. The summed E-state index contributed by atoms with van der Waals surface area (Å²) in [6.07, 6.45) is 1.11. The minimum Gasteiger partial charge on any atom is -0.383 e. The smallest absolute Gasteiger partial charge is 0.225 e. The van der Waals surface area contributed by atoms with Crippen LogP contribution in [0.1, 0.15) is 23.7 Å². The first-order valence-electron chi connectivity index (χ1n) is 7.09. The van der Waals surface area contributed by atoms with E-state index in [1.807, 2.05) is 0 Å². The standard InChI is InChI=1S/C15H22N2O5S/c1-12(18)13-5-4-6-14(11-13)16-15(19)7-8-17(9-10-22-2)23(3,20)21/h4-6,11H,7-10H2,1-3H3,(H,16,19). The maximum atomic E-state index is 12.0. The van der Waals surface area contributed by atoms with E-state index in [1.54, 1.807) is 24.3 Å². The maximum Gasteiger partial charge on any atom is 0.225 e. The van der Waals surface area contributed by atoms with Crippen molar-refractivity contribution >= 4 is 27.4 Å². The molecular weight excluding hydrogens is 320 g/mol. The molecule has 0 spiro atoms. The van der Waals surface area contributed by atoms with Gasteiger partial charge in [0.15, 0.2) is 5.78 Å². The molecule has 0 atom stereocenters. The third-order valence-electron chi connectivity index (χ3n) is 3.15. The molecule has 0 radical (unpaired) electrons. The predicted molar refractivity (Wildman–Crippen MR) is 88.0 cm³/mol. The van der Waals surface area contributed by atoms with Gasteiger partial charge in [0.25, 0.3) is 0 Å². The van der Waals surface area contributed by atoms with Crippen molar-refractivity contribution in [3.8, 4) is 0 Å². The van der Waals surface area contributed by atoms with E-state index in [2.05, 4.69) is 5.32 Å². The Labute approximate surface area is 136 Å². The number of nitrogens with one attached hydrogen (secondary N) is 1. The molecular formula is C15H22N2O5S. The van der Waals surface area contributed by atoms with Crippen molar-refractivity contribution in [1.29, 1.82) is 0 Å². The lowest BCUT2D eigenvalue weighted by Crippen LogP contribution is -2.35. The van der Waals surface area contributed by atoms with Crippen LogP contribution in [0.4, 0.5) is 5.69 Å². The molecule has 128 valence electrons. The Balaban J connectivity index is 2.62. The third kappa shape index (κ3) is 6.89. The molecule has 1 rings (SSSR count). The van der Waals surface area contributed by atoms with Gasteiger partial charge < -0.3 is 10.1 Å². The predicted octanol–water partition coefficient (Wildman–Crippen LogP) is 1.13. The number of hydrogen-bond acceptors (Lipinski definition) is 5. The zero-order valence-corrected chi connectivity index (χ0v) is 14.4. The van der Waals surface area contributed by atoms with E-state index in [-0.39, 0.29) is 37.8 Å². The molecule has 8 heteroatoms. The van der Waals surface area contributed by atoms with E-state index < -0.39 is 10.0 Å². The molecule has 0 aromatic heterocycles. The zero-order chi connectivity index (χ0) is 17.5. The second-order valence-corrected chi connectivity index (χ2v) is 7.07. The Bertz CT molecular complexity index is 658. The van der Waals surface area contributed by atoms with Gasteiger partial charge >= 0.3 is 0 Å². The first-order chi connectivity index (χ1) is 10.7. The normalized spacial score (nSPS) is 11.5. The third-order valence-corrected chi connectivity index (χ3v) is 4.46. The molecule has 0 unspecified atom stereocenters. The van der Waals surface area contributed by atoms with E-state index >= 15 is 0 Å². The zero-order valence-electron chi connectivity index (χ0n) is 13.5. The highest BCUT2D eigenvalue weighted by atomic mass is 32.2. The van der Waals surface area contributed by atoms with Crippen LogP contribution >= 0.6 is 0 Å². The first kappa shape index (κ1) is 19.3. The van der Waals surface area contributed by atoms with Gasteiger partial charge in [-0.15, -0.1) is 0 Å². The van der Waals surface area contributed by atoms with Crippen molar-refractivity contribution < 1.29 is 22.7 Å². The lowest BCUT2D eigenvalue weighted by molar-refractivity contribution is -0.116. The molecule has 1 aromatic rings. The second-order valence-electron chi connectivity index (χ2n) is 5.09. The summed E-state index contributed by atoms with van der Waals surface area (Å²) in [5, 5.41) is 2.66. The number of rotatable bonds is 9. The molecule has 1 amide bonds. The van der Waals surface area contributed by atoms with E-state index in [4.69, 9.17) is 4.74 Å². The van der Waals surface area contributed by atoms with Gasteiger partial charge in [0, 0.05) is 37.9 Å². The summed E-state index contributed by atoms with van der Waals surface area (Å²) in [7, 11) is -1.91. The lowest BCUT2D eigenvalue weighted by Gasteiger charge is -2.19. The number of benzene rings is 1. The summed E-state index contributed by atoms with van der Waals surface area (Å²) in [4.78, 5) is 23.3. The Morgan fingerprint density at radius 1 is 1.26 bits per heavy atom. The number of carbonyl (C=O) groups excluding carboxylic acids is 2. The Hall–Kier alpha value is -1.77. The van der Waals surface area contributed by atoms with Gasteiger partial charge in [-0.05, 0) is 19.1 Å². The number of nitrogens with zero attached hydrogens (tertiary/aromatic N) is 1. The molecule has 0 heterocycles.